The number of anilines is 2. The molecule has 0 radical (unpaired) electrons. The number of nitrogens with one attached hydrogen (secondary N) is 1. The second-order valence-corrected chi connectivity index (χ2v) is 6.36. The van der Waals surface area contributed by atoms with Crippen LogP contribution >= 0.6 is 15.9 Å². The molecule has 1 heterocycles. The number of rotatable bonds is 4. The van der Waals surface area contributed by atoms with E-state index in [0.29, 0.717) is 17.8 Å². The number of amides is 2. The number of hydrogen-bond donors (Lipinski definition) is 1. The molecule has 28 heavy (non-hydrogen) atoms. The van der Waals surface area contributed by atoms with E-state index in [-0.39, 0.29) is 0 Å². The standard InChI is InChI=1S/C16H12BrF6N3O2/c1-26(11-4-2-10(17)3-5-11)14(27)25-12-6-9(16(21,22)23)7-13(24-12)28-8-15(18,19)20/h2-7H,8H2,1H3,(H,24,25,27). The number of urea groups is 1. The number of ether oxygens (including phenoxy) is 1. The molecule has 0 unspecified atom stereocenters. The number of carbonyl (C=O) groups excluding carboxylic acids is 1. The van der Waals surface area contributed by atoms with E-state index in [1.54, 1.807) is 24.3 Å². The monoisotopic (exact) mass is 471 g/mol. The molecule has 1 N–H and O–H groups in total. The number of hydrogen-bond acceptors (Lipinski definition) is 3. The predicted octanol–water partition coefficient (Wildman–Crippen LogP) is 5.47. The highest BCUT2D eigenvalue weighted by molar-refractivity contribution is 9.10. The van der Waals surface area contributed by atoms with Gasteiger partial charge < -0.3 is 4.74 Å². The van der Waals surface area contributed by atoms with Crippen molar-refractivity contribution in [2.75, 3.05) is 23.9 Å². The molecular formula is C16H12BrF6N3O2. The summed E-state index contributed by atoms with van der Waals surface area (Å²) in [5.74, 6) is -1.53. The second-order valence-electron chi connectivity index (χ2n) is 5.45. The van der Waals surface area contributed by atoms with Crippen LogP contribution in [0.3, 0.4) is 0 Å². The molecule has 0 aliphatic rings. The van der Waals surface area contributed by atoms with Crippen LogP contribution in [0.4, 0.5) is 42.6 Å². The summed E-state index contributed by atoms with van der Waals surface area (Å²) < 4.78 is 80.8. The zero-order chi connectivity index (χ0) is 21.1. The van der Waals surface area contributed by atoms with Gasteiger partial charge in [-0.25, -0.2) is 4.79 Å². The van der Waals surface area contributed by atoms with Crippen molar-refractivity contribution in [2.45, 2.75) is 12.4 Å². The maximum Gasteiger partial charge on any atom is 0.422 e. The average Bonchev–Trinajstić information content (AvgIpc) is 2.58. The lowest BCUT2D eigenvalue weighted by Gasteiger charge is -2.19. The fourth-order valence-electron chi connectivity index (χ4n) is 1.94. The van der Waals surface area contributed by atoms with Crippen molar-refractivity contribution in [1.29, 1.82) is 0 Å². The summed E-state index contributed by atoms with van der Waals surface area (Å²) in [6.45, 7) is -1.83. The molecule has 152 valence electrons. The number of nitrogens with zero attached hydrogens (tertiary/aromatic N) is 2. The van der Waals surface area contributed by atoms with E-state index < -0.39 is 42.3 Å². The highest BCUT2D eigenvalue weighted by Crippen LogP contribution is 2.33. The number of pyridine rings is 1. The SMILES string of the molecule is CN(C(=O)Nc1cc(C(F)(F)F)cc(OCC(F)(F)F)n1)c1ccc(Br)cc1. The molecule has 0 fully saturated rings. The molecule has 1 aromatic carbocycles. The van der Waals surface area contributed by atoms with Gasteiger partial charge in [-0.15, -0.1) is 0 Å². The lowest BCUT2D eigenvalue weighted by atomic mass is 10.2. The van der Waals surface area contributed by atoms with Gasteiger partial charge in [-0.3, -0.25) is 10.2 Å². The van der Waals surface area contributed by atoms with E-state index in [1.807, 2.05) is 0 Å². The highest BCUT2D eigenvalue weighted by Gasteiger charge is 2.33. The number of alkyl halides is 6. The third kappa shape index (κ3) is 6.29. The molecule has 5 nitrogen and oxygen atoms in total. The van der Waals surface area contributed by atoms with E-state index in [4.69, 9.17) is 0 Å². The van der Waals surface area contributed by atoms with Gasteiger partial charge in [0.05, 0.1) is 5.56 Å². The summed E-state index contributed by atoms with van der Waals surface area (Å²) in [4.78, 5) is 16.8. The van der Waals surface area contributed by atoms with Crippen molar-refractivity contribution in [1.82, 2.24) is 4.98 Å². The summed E-state index contributed by atoms with van der Waals surface area (Å²) in [5, 5.41) is 2.11. The van der Waals surface area contributed by atoms with E-state index >= 15 is 0 Å². The third-order valence-electron chi connectivity index (χ3n) is 3.27. The van der Waals surface area contributed by atoms with Gasteiger partial charge in [0.25, 0.3) is 0 Å². The lowest BCUT2D eigenvalue weighted by molar-refractivity contribution is -0.154. The topological polar surface area (TPSA) is 54.5 Å². The molecule has 0 saturated heterocycles. The minimum atomic E-state index is -4.88. The molecular weight excluding hydrogens is 460 g/mol. The van der Waals surface area contributed by atoms with Gasteiger partial charge in [0, 0.05) is 23.3 Å². The molecule has 0 spiro atoms. The fraction of sp³-hybridized carbons (Fsp3) is 0.250. The van der Waals surface area contributed by atoms with Crippen LogP contribution < -0.4 is 15.0 Å². The van der Waals surface area contributed by atoms with Crippen molar-refractivity contribution in [3.05, 3.63) is 46.4 Å². The maximum atomic E-state index is 13.0. The smallest absolute Gasteiger partial charge is 0.422 e. The Labute approximate surface area is 163 Å². The Kier molecular flexibility index (Phi) is 6.42. The predicted molar refractivity (Wildman–Crippen MR) is 92.4 cm³/mol. The van der Waals surface area contributed by atoms with Crippen LogP contribution in [-0.4, -0.2) is 30.8 Å². The first-order valence-electron chi connectivity index (χ1n) is 7.44. The Morgan fingerprint density at radius 1 is 1.14 bits per heavy atom. The minimum absolute atomic E-state index is 0.319. The summed E-state index contributed by atoms with van der Waals surface area (Å²) in [6, 6.07) is 6.39. The van der Waals surface area contributed by atoms with Crippen LogP contribution in [0.5, 0.6) is 5.88 Å². The number of aromatic nitrogens is 1. The summed E-state index contributed by atoms with van der Waals surface area (Å²) in [6.07, 6.45) is -9.64. The quantitative estimate of drug-likeness (QED) is 0.601. The largest absolute Gasteiger partial charge is 0.468 e. The number of benzene rings is 1. The van der Waals surface area contributed by atoms with Crippen molar-refractivity contribution in [3.8, 4) is 5.88 Å². The van der Waals surface area contributed by atoms with Gasteiger partial charge in [0.1, 0.15) is 5.82 Å². The third-order valence-corrected chi connectivity index (χ3v) is 3.80. The van der Waals surface area contributed by atoms with E-state index in [0.717, 1.165) is 9.37 Å². The molecule has 2 amide bonds. The molecule has 12 heteroatoms. The van der Waals surface area contributed by atoms with E-state index in [1.165, 1.54) is 7.05 Å². The molecule has 2 rings (SSSR count). The number of halogens is 7. The minimum Gasteiger partial charge on any atom is -0.468 e. The van der Waals surface area contributed by atoms with Gasteiger partial charge in [0.2, 0.25) is 5.88 Å². The average molecular weight is 472 g/mol. The van der Waals surface area contributed by atoms with Crippen LogP contribution in [-0.2, 0) is 6.18 Å². The van der Waals surface area contributed by atoms with Gasteiger partial charge in [-0.2, -0.15) is 31.3 Å². The fourth-order valence-corrected chi connectivity index (χ4v) is 2.20. The van der Waals surface area contributed by atoms with Crippen LogP contribution in [0, 0.1) is 0 Å². The van der Waals surface area contributed by atoms with Gasteiger partial charge in [-0.05, 0) is 30.3 Å². The normalized spacial score (nSPS) is 11.9. The Bertz CT molecular complexity index is 840. The molecule has 0 saturated carbocycles. The van der Waals surface area contributed by atoms with Gasteiger partial charge in [0.15, 0.2) is 6.61 Å². The maximum absolute atomic E-state index is 13.0. The zero-order valence-electron chi connectivity index (χ0n) is 14.0. The van der Waals surface area contributed by atoms with Crippen LogP contribution in [0.25, 0.3) is 0 Å². The Hall–Kier alpha value is -2.50. The zero-order valence-corrected chi connectivity index (χ0v) is 15.6. The summed E-state index contributed by atoms with van der Waals surface area (Å²) >= 11 is 3.22. The molecule has 0 bridgehead atoms. The molecule has 0 aliphatic carbocycles. The van der Waals surface area contributed by atoms with Crippen LogP contribution in [0.2, 0.25) is 0 Å². The van der Waals surface area contributed by atoms with E-state index in [9.17, 15) is 31.1 Å². The van der Waals surface area contributed by atoms with Crippen LogP contribution in [0.1, 0.15) is 5.56 Å². The first-order chi connectivity index (χ1) is 12.8. The van der Waals surface area contributed by atoms with Crippen molar-refractivity contribution in [3.63, 3.8) is 0 Å². The van der Waals surface area contributed by atoms with Crippen molar-refractivity contribution < 1.29 is 35.9 Å². The lowest BCUT2D eigenvalue weighted by Crippen LogP contribution is -2.31. The summed E-state index contributed by atoms with van der Waals surface area (Å²) in [5.41, 5.74) is -0.900. The van der Waals surface area contributed by atoms with Crippen molar-refractivity contribution >= 4 is 33.5 Å². The molecule has 2 aromatic rings. The van der Waals surface area contributed by atoms with Gasteiger partial charge >= 0.3 is 18.4 Å². The van der Waals surface area contributed by atoms with Crippen molar-refractivity contribution in [2.24, 2.45) is 0 Å². The molecule has 0 atom stereocenters. The first kappa shape index (κ1) is 21.8. The van der Waals surface area contributed by atoms with Gasteiger partial charge in [-0.1, -0.05) is 15.9 Å². The molecule has 1 aromatic heterocycles. The Balaban J connectivity index is 2.25. The Morgan fingerprint density at radius 3 is 2.29 bits per heavy atom. The van der Waals surface area contributed by atoms with Crippen LogP contribution in [0.15, 0.2) is 40.9 Å². The first-order valence-corrected chi connectivity index (χ1v) is 8.23. The molecule has 0 aliphatic heterocycles. The summed E-state index contributed by atoms with van der Waals surface area (Å²) in [7, 11) is 1.35. The Morgan fingerprint density at radius 2 is 1.75 bits per heavy atom. The highest BCUT2D eigenvalue weighted by atomic mass is 79.9. The number of carbonyl (C=O) groups is 1. The van der Waals surface area contributed by atoms with E-state index in [2.05, 4.69) is 31.0 Å². The second kappa shape index (κ2) is 8.25.